The van der Waals surface area contributed by atoms with Crippen molar-refractivity contribution in [1.29, 1.82) is 0 Å². The summed E-state index contributed by atoms with van der Waals surface area (Å²) in [5.41, 5.74) is 1.07. The Kier molecular flexibility index (Phi) is 2.75. The zero-order chi connectivity index (χ0) is 10.8. The molecule has 0 fully saturated rings. The molecule has 0 amide bonds. The van der Waals surface area contributed by atoms with E-state index in [2.05, 4.69) is 16.5 Å². The molecule has 2 heterocycles. The smallest absolute Gasteiger partial charge is 0.303 e. The van der Waals surface area contributed by atoms with Crippen LogP contribution in [0.3, 0.4) is 0 Å². The Morgan fingerprint density at radius 1 is 1.73 bits per heavy atom. The van der Waals surface area contributed by atoms with Crippen LogP contribution in [0.25, 0.3) is 0 Å². The number of imidazole rings is 1. The molecule has 15 heavy (non-hydrogen) atoms. The van der Waals surface area contributed by atoms with Crippen LogP contribution in [-0.2, 0) is 24.2 Å². The molecule has 1 N–H and O–H groups in total. The second kappa shape index (κ2) is 4.04. The molecule has 0 aromatic carbocycles. The molecular formula is C11H16N2O2. The second-order valence-corrected chi connectivity index (χ2v) is 4.31. The fourth-order valence-corrected chi connectivity index (χ4v) is 2.09. The van der Waals surface area contributed by atoms with Gasteiger partial charge in [0.2, 0.25) is 0 Å². The highest BCUT2D eigenvalue weighted by Crippen LogP contribution is 2.21. The molecule has 0 saturated heterocycles. The lowest BCUT2D eigenvalue weighted by atomic mass is 10.0. The third-order valence-electron chi connectivity index (χ3n) is 2.99. The predicted molar refractivity (Wildman–Crippen MR) is 55.7 cm³/mol. The summed E-state index contributed by atoms with van der Waals surface area (Å²) >= 11 is 0. The lowest BCUT2D eigenvalue weighted by molar-refractivity contribution is -0.136. The summed E-state index contributed by atoms with van der Waals surface area (Å²) in [5.74, 6) is 1.08. The number of aryl methyl sites for hydroxylation is 1. The number of aromatic nitrogens is 2. The molecule has 1 unspecified atom stereocenters. The van der Waals surface area contributed by atoms with Crippen LogP contribution in [0.2, 0.25) is 0 Å². The van der Waals surface area contributed by atoms with Gasteiger partial charge in [0.15, 0.2) is 0 Å². The molecule has 0 radical (unpaired) electrons. The van der Waals surface area contributed by atoms with Crippen LogP contribution >= 0.6 is 0 Å². The molecule has 1 aromatic rings. The molecule has 1 aliphatic rings. The van der Waals surface area contributed by atoms with Crippen LogP contribution in [0.15, 0.2) is 6.20 Å². The first-order valence-electron chi connectivity index (χ1n) is 5.42. The van der Waals surface area contributed by atoms with Gasteiger partial charge in [-0.05, 0) is 18.8 Å². The Balaban J connectivity index is 2.10. The monoisotopic (exact) mass is 208 g/mol. The van der Waals surface area contributed by atoms with E-state index in [0.29, 0.717) is 12.3 Å². The minimum Gasteiger partial charge on any atom is -0.481 e. The zero-order valence-corrected chi connectivity index (χ0v) is 8.94. The number of nitrogens with zero attached hydrogens (tertiary/aromatic N) is 2. The molecule has 4 nitrogen and oxygen atoms in total. The van der Waals surface area contributed by atoms with Gasteiger partial charge in [-0.25, -0.2) is 4.98 Å². The SMILES string of the molecule is CC1CCn2c(CCC(=O)O)cnc2C1. The Hall–Kier alpha value is -1.32. The minimum atomic E-state index is -0.741. The summed E-state index contributed by atoms with van der Waals surface area (Å²) in [6.07, 6.45) is 4.81. The number of carboxylic acids is 1. The minimum absolute atomic E-state index is 0.195. The molecule has 0 bridgehead atoms. The van der Waals surface area contributed by atoms with E-state index in [-0.39, 0.29) is 6.42 Å². The summed E-state index contributed by atoms with van der Waals surface area (Å²) in [6, 6.07) is 0. The molecule has 4 heteroatoms. The lowest BCUT2D eigenvalue weighted by Crippen LogP contribution is -2.19. The van der Waals surface area contributed by atoms with E-state index in [9.17, 15) is 4.79 Å². The summed E-state index contributed by atoms with van der Waals surface area (Å²) in [6.45, 7) is 3.22. The van der Waals surface area contributed by atoms with Gasteiger partial charge in [-0.15, -0.1) is 0 Å². The van der Waals surface area contributed by atoms with E-state index in [0.717, 1.165) is 24.5 Å². The molecule has 1 aromatic heterocycles. The van der Waals surface area contributed by atoms with E-state index in [1.807, 2.05) is 6.20 Å². The standard InChI is InChI=1S/C11H16N2O2/c1-8-4-5-13-9(2-3-11(14)15)7-12-10(13)6-8/h7-8H,2-6H2,1H3,(H,14,15). The van der Waals surface area contributed by atoms with Gasteiger partial charge in [-0.2, -0.15) is 0 Å². The molecule has 1 aliphatic heterocycles. The number of aliphatic carboxylic acids is 1. The molecule has 1 atom stereocenters. The van der Waals surface area contributed by atoms with Crippen LogP contribution < -0.4 is 0 Å². The third-order valence-corrected chi connectivity index (χ3v) is 2.99. The van der Waals surface area contributed by atoms with E-state index in [4.69, 9.17) is 5.11 Å². The number of fused-ring (bicyclic) bond motifs is 1. The molecule has 0 spiro atoms. The van der Waals surface area contributed by atoms with Crippen LogP contribution in [0, 0.1) is 5.92 Å². The van der Waals surface area contributed by atoms with Gasteiger partial charge < -0.3 is 9.67 Å². The van der Waals surface area contributed by atoms with Crippen LogP contribution in [0.1, 0.15) is 31.3 Å². The van der Waals surface area contributed by atoms with Gasteiger partial charge in [0.05, 0.1) is 6.42 Å². The van der Waals surface area contributed by atoms with Crippen molar-refractivity contribution >= 4 is 5.97 Å². The number of carboxylic acid groups (broad SMARTS) is 1. The normalized spacial score (nSPS) is 19.9. The number of rotatable bonds is 3. The first kappa shape index (κ1) is 10.2. The molecule has 2 rings (SSSR count). The Bertz CT molecular complexity index is 371. The number of carbonyl (C=O) groups is 1. The summed E-state index contributed by atoms with van der Waals surface area (Å²) in [7, 11) is 0. The fourth-order valence-electron chi connectivity index (χ4n) is 2.09. The van der Waals surface area contributed by atoms with Crippen molar-refractivity contribution in [1.82, 2.24) is 9.55 Å². The Labute approximate surface area is 88.9 Å². The Morgan fingerprint density at radius 3 is 3.27 bits per heavy atom. The predicted octanol–water partition coefficient (Wildman–Crippen LogP) is 1.48. The van der Waals surface area contributed by atoms with E-state index >= 15 is 0 Å². The maximum absolute atomic E-state index is 10.5. The molecule has 0 saturated carbocycles. The van der Waals surface area contributed by atoms with E-state index < -0.39 is 5.97 Å². The van der Waals surface area contributed by atoms with Gasteiger partial charge in [0, 0.05) is 24.9 Å². The van der Waals surface area contributed by atoms with Crippen LogP contribution in [0.4, 0.5) is 0 Å². The largest absolute Gasteiger partial charge is 0.481 e. The molecule has 0 aliphatic carbocycles. The highest BCUT2D eigenvalue weighted by atomic mass is 16.4. The van der Waals surface area contributed by atoms with Crippen LogP contribution in [0.5, 0.6) is 0 Å². The fraction of sp³-hybridized carbons (Fsp3) is 0.636. The average Bonchev–Trinajstić information content (AvgIpc) is 2.57. The summed E-state index contributed by atoms with van der Waals surface area (Å²) in [4.78, 5) is 14.8. The van der Waals surface area contributed by atoms with Crippen molar-refractivity contribution in [3.8, 4) is 0 Å². The van der Waals surface area contributed by atoms with Crippen molar-refractivity contribution in [2.24, 2.45) is 5.92 Å². The first-order valence-corrected chi connectivity index (χ1v) is 5.42. The lowest BCUT2D eigenvalue weighted by Gasteiger charge is -2.21. The topological polar surface area (TPSA) is 55.1 Å². The summed E-state index contributed by atoms with van der Waals surface area (Å²) in [5, 5.41) is 8.63. The highest BCUT2D eigenvalue weighted by Gasteiger charge is 2.18. The third kappa shape index (κ3) is 2.19. The first-order chi connectivity index (χ1) is 7.16. The van der Waals surface area contributed by atoms with Crippen molar-refractivity contribution < 1.29 is 9.90 Å². The van der Waals surface area contributed by atoms with Crippen molar-refractivity contribution in [3.63, 3.8) is 0 Å². The van der Waals surface area contributed by atoms with Crippen molar-refractivity contribution in [2.75, 3.05) is 0 Å². The summed E-state index contributed by atoms with van der Waals surface area (Å²) < 4.78 is 2.18. The van der Waals surface area contributed by atoms with Crippen molar-refractivity contribution in [2.45, 2.75) is 39.2 Å². The Morgan fingerprint density at radius 2 is 2.53 bits per heavy atom. The molecular weight excluding hydrogens is 192 g/mol. The van der Waals surface area contributed by atoms with E-state index in [1.165, 1.54) is 6.42 Å². The van der Waals surface area contributed by atoms with Gasteiger partial charge >= 0.3 is 5.97 Å². The highest BCUT2D eigenvalue weighted by molar-refractivity contribution is 5.66. The maximum atomic E-state index is 10.5. The van der Waals surface area contributed by atoms with Gasteiger partial charge in [0.1, 0.15) is 5.82 Å². The van der Waals surface area contributed by atoms with E-state index in [1.54, 1.807) is 0 Å². The molecule has 82 valence electrons. The van der Waals surface area contributed by atoms with Gasteiger partial charge in [-0.1, -0.05) is 6.92 Å². The van der Waals surface area contributed by atoms with Gasteiger partial charge in [0.25, 0.3) is 0 Å². The maximum Gasteiger partial charge on any atom is 0.303 e. The quantitative estimate of drug-likeness (QED) is 0.818. The number of hydrogen-bond acceptors (Lipinski definition) is 2. The second-order valence-electron chi connectivity index (χ2n) is 4.31. The zero-order valence-electron chi connectivity index (χ0n) is 8.94. The van der Waals surface area contributed by atoms with Crippen molar-refractivity contribution in [3.05, 3.63) is 17.7 Å². The van der Waals surface area contributed by atoms with Crippen LogP contribution in [-0.4, -0.2) is 20.6 Å². The van der Waals surface area contributed by atoms with Gasteiger partial charge in [-0.3, -0.25) is 4.79 Å². The average molecular weight is 208 g/mol. The number of hydrogen-bond donors (Lipinski definition) is 1.